The van der Waals surface area contributed by atoms with Gasteiger partial charge in [-0.3, -0.25) is 0 Å². The number of anilines is 1. The minimum Gasteiger partial charge on any atom is -0.458 e. The van der Waals surface area contributed by atoms with Gasteiger partial charge in [0.2, 0.25) is 0 Å². The van der Waals surface area contributed by atoms with Gasteiger partial charge >= 0.3 is 8.25 Å². The van der Waals surface area contributed by atoms with E-state index in [0.717, 1.165) is 16.7 Å². The van der Waals surface area contributed by atoms with E-state index in [4.69, 9.17) is 23.2 Å². The van der Waals surface area contributed by atoms with Gasteiger partial charge in [0.05, 0.1) is 6.26 Å². The fraction of sp³-hybridized carbons (Fsp3) is 0.273. The van der Waals surface area contributed by atoms with Crippen LogP contribution in [0.2, 0.25) is 0 Å². The number of aromatic nitrogens is 2. The van der Waals surface area contributed by atoms with Crippen LogP contribution in [0.3, 0.4) is 0 Å². The van der Waals surface area contributed by atoms with Crippen molar-refractivity contribution in [2.75, 3.05) is 11.9 Å². The van der Waals surface area contributed by atoms with Crippen molar-refractivity contribution in [3.63, 3.8) is 0 Å². The van der Waals surface area contributed by atoms with Crippen LogP contribution in [-0.2, 0) is 28.8 Å². The minimum absolute atomic E-state index is 0.131. The Morgan fingerprint density at radius 1 is 0.886 bits per heavy atom. The Balaban J connectivity index is 1.33. The number of nitrogens with one attached hydrogen (secondary N) is 1. The first kappa shape index (κ1) is 28.7. The molecule has 0 amide bonds. The molecule has 2 aromatic heterocycles. The molecule has 0 radical (unpaired) electrons. The van der Waals surface area contributed by atoms with Gasteiger partial charge in [-0.05, 0) is 30.5 Å². The molecular weight excluding hydrogens is 581 g/mol. The van der Waals surface area contributed by atoms with E-state index in [-0.39, 0.29) is 6.61 Å². The summed E-state index contributed by atoms with van der Waals surface area (Å²) in [7, 11) is -2.80. The normalized spacial score (nSPS) is 23.0. The highest BCUT2D eigenvalue weighted by Crippen LogP contribution is 2.48. The molecule has 0 aliphatic carbocycles. The zero-order chi connectivity index (χ0) is 30.3. The van der Waals surface area contributed by atoms with E-state index in [0.29, 0.717) is 22.5 Å². The Morgan fingerprint density at radius 3 is 2.02 bits per heavy atom. The molecule has 224 valence electrons. The maximum Gasteiger partial charge on any atom is 0.694 e. The Bertz CT molecular complexity index is 1670. The standard InChI is InChI=1S/C33H30N3O7P/c1-32(2)42-28-25(19-40-44(37)38)41-27(30(28)43-32)24-18-39-29-26(24)34-20-35-31(29)36-33(21-12-6-3-7-13-21,22-14-8-4-9-15-22)23-16-10-5-11-17-23/h3-18,20,25,27-28,30H,19H2,1-2H3,(H-,34,35,36,37,38)/p+1/t25-,27+,28-,30+/m1/s1. The van der Waals surface area contributed by atoms with E-state index in [2.05, 4.69) is 51.7 Å². The van der Waals surface area contributed by atoms with Crippen LogP contribution in [0.5, 0.6) is 0 Å². The van der Waals surface area contributed by atoms with Crippen LogP contribution in [0.1, 0.15) is 42.2 Å². The molecule has 44 heavy (non-hydrogen) atoms. The molecule has 5 atom stereocenters. The number of rotatable bonds is 9. The molecular formula is C33H31N3O7P+. The SMILES string of the molecule is CC1(C)O[C@@H]2[C@H](O1)[C@@H](CO[P+](=O)O)O[C@H]2c1coc2c(NC(c3ccccc3)(c3ccccc3)c3ccccc3)ncnc12. The average molecular weight is 613 g/mol. The summed E-state index contributed by atoms with van der Waals surface area (Å²) < 4.78 is 41.2. The van der Waals surface area contributed by atoms with Gasteiger partial charge in [-0.1, -0.05) is 91.0 Å². The van der Waals surface area contributed by atoms with Gasteiger partial charge in [0.1, 0.15) is 48.4 Å². The summed E-state index contributed by atoms with van der Waals surface area (Å²) >= 11 is 0. The first-order valence-corrected chi connectivity index (χ1v) is 15.5. The van der Waals surface area contributed by atoms with Gasteiger partial charge in [-0.25, -0.2) is 9.97 Å². The molecule has 0 bridgehead atoms. The van der Waals surface area contributed by atoms with Crippen molar-refractivity contribution in [2.45, 2.75) is 49.6 Å². The molecule has 1 unspecified atom stereocenters. The van der Waals surface area contributed by atoms with Gasteiger partial charge in [0, 0.05) is 10.1 Å². The number of nitrogens with zero attached hydrogens (tertiary/aromatic N) is 2. The van der Waals surface area contributed by atoms with Gasteiger partial charge in [-0.15, -0.1) is 9.42 Å². The summed E-state index contributed by atoms with van der Waals surface area (Å²) in [6.07, 6.45) is 0.804. The van der Waals surface area contributed by atoms with Crippen LogP contribution < -0.4 is 5.32 Å². The number of fused-ring (bicyclic) bond motifs is 2. The first-order chi connectivity index (χ1) is 21.4. The van der Waals surface area contributed by atoms with E-state index in [9.17, 15) is 9.46 Å². The van der Waals surface area contributed by atoms with E-state index in [1.165, 1.54) is 6.33 Å². The second-order valence-corrected chi connectivity index (χ2v) is 12.0. The summed E-state index contributed by atoms with van der Waals surface area (Å²) in [6, 6.07) is 30.6. The fourth-order valence-corrected chi connectivity index (χ4v) is 6.60. The molecule has 2 saturated heterocycles. The van der Waals surface area contributed by atoms with Crippen LogP contribution in [0.25, 0.3) is 11.1 Å². The van der Waals surface area contributed by atoms with Crippen molar-refractivity contribution in [1.82, 2.24) is 9.97 Å². The molecule has 0 spiro atoms. The lowest BCUT2D eigenvalue weighted by Crippen LogP contribution is -2.38. The third-order valence-corrected chi connectivity index (χ3v) is 8.48. The van der Waals surface area contributed by atoms with Crippen molar-refractivity contribution >= 4 is 25.2 Å². The fourth-order valence-electron chi connectivity index (χ4n) is 6.32. The Hall–Kier alpha value is -4.02. The number of benzene rings is 3. The largest absolute Gasteiger partial charge is 0.694 e. The maximum atomic E-state index is 11.3. The van der Waals surface area contributed by atoms with E-state index in [1.807, 2.05) is 68.4 Å². The van der Waals surface area contributed by atoms with Gasteiger partial charge in [0.15, 0.2) is 17.2 Å². The highest BCUT2D eigenvalue weighted by Gasteiger charge is 2.57. The summed E-state index contributed by atoms with van der Waals surface area (Å²) in [4.78, 5) is 18.5. The monoisotopic (exact) mass is 612 g/mol. The predicted octanol–water partition coefficient (Wildman–Crippen LogP) is 6.25. The quantitative estimate of drug-likeness (QED) is 0.146. The summed E-state index contributed by atoms with van der Waals surface area (Å²) in [5.74, 6) is -0.382. The van der Waals surface area contributed by atoms with Crippen LogP contribution in [0, 0.1) is 0 Å². The molecule has 2 aliphatic heterocycles. The summed E-state index contributed by atoms with van der Waals surface area (Å²) in [5.41, 5.74) is 3.87. The molecule has 10 nitrogen and oxygen atoms in total. The van der Waals surface area contributed by atoms with Crippen LogP contribution in [0.4, 0.5) is 5.82 Å². The number of furan rings is 1. The Labute approximate surface area is 254 Å². The average Bonchev–Trinajstić information content (AvgIpc) is 3.71. The number of hydrogen-bond donors (Lipinski definition) is 2. The molecule has 3 aromatic carbocycles. The topological polar surface area (TPSA) is 125 Å². The molecule has 2 aliphatic rings. The molecule has 11 heteroatoms. The maximum absolute atomic E-state index is 11.3. The van der Waals surface area contributed by atoms with Crippen molar-refractivity contribution in [2.24, 2.45) is 0 Å². The van der Waals surface area contributed by atoms with Crippen molar-refractivity contribution in [1.29, 1.82) is 0 Å². The number of ether oxygens (including phenoxy) is 3. The third kappa shape index (κ3) is 5.09. The van der Waals surface area contributed by atoms with E-state index >= 15 is 0 Å². The Kier molecular flexibility index (Phi) is 7.50. The van der Waals surface area contributed by atoms with Crippen LogP contribution >= 0.6 is 8.25 Å². The van der Waals surface area contributed by atoms with Crippen LogP contribution in [-0.4, -0.2) is 45.6 Å². The van der Waals surface area contributed by atoms with Crippen molar-refractivity contribution in [3.05, 3.63) is 126 Å². The second-order valence-electron chi connectivity index (χ2n) is 11.3. The second kappa shape index (κ2) is 11.5. The minimum atomic E-state index is -2.80. The van der Waals surface area contributed by atoms with Crippen molar-refractivity contribution < 1.29 is 32.6 Å². The highest BCUT2D eigenvalue weighted by molar-refractivity contribution is 7.32. The highest BCUT2D eigenvalue weighted by atomic mass is 31.1. The molecule has 4 heterocycles. The molecule has 2 fully saturated rings. The molecule has 5 aromatic rings. The zero-order valence-electron chi connectivity index (χ0n) is 24.1. The van der Waals surface area contributed by atoms with Crippen LogP contribution in [0.15, 0.2) is 108 Å². The predicted molar refractivity (Wildman–Crippen MR) is 162 cm³/mol. The number of hydrogen-bond acceptors (Lipinski definition) is 9. The molecule has 0 saturated carbocycles. The molecule has 2 N–H and O–H groups in total. The van der Waals surface area contributed by atoms with E-state index < -0.39 is 44.0 Å². The zero-order valence-corrected chi connectivity index (χ0v) is 25.0. The summed E-state index contributed by atoms with van der Waals surface area (Å²) in [6.45, 7) is 3.51. The lowest BCUT2D eigenvalue weighted by Gasteiger charge is -2.37. The van der Waals surface area contributed by atoms with Gasteiger partial charge < -0.3 is 23.9 Å². The smallest absolute Gasteiger partial charge is 0.458 e. The van der Waals surface area contributed by atoms with Crippen molar-refractivity contribution in [3.8, 4) is 0 Å². The third-order valence-electron chi connectivity index (χ3n) is 8.11. The van der Waals surface area contributed by atoms with E-state index in [1.54, 1.807) is 6.26 Å². The first-order valence-electron chi connectivity index (χ1n) is 14.3. The van der Waals surface area contributed by atoms with Gasteiger partial charge in [0.25, 0.3) is 0 Å². The van der Waals surface area contributed by atoms with Gasteiger partial charge in [-0.2, -0.15) is 0 Å². The lowest BCUT2D eigenvalue weighted by atomic mass is 9.77. The molecule has 7 rings (SSSR count). The lowest BCUT2D eigenvalue weighted by molar-refractivity contribution is -0.190. The Morgan fingerprint density at radius 2 is 1.45 bits per heavy atom. The summed E-state index contributed by atoms with van der Waals surface area (Å²) in [5, 5.41) is 3.77.